The van der Waals surface area contributed by atoms with Gasteiger partial charge >= 0.3 is 5.69 Å². The van der Waals surface area contributed by atoms with Crippen LogP contribution in [0.5, 0.6) is 0 Å². The Bertz CT molecular complexity index is 847. The fourth-order valence-electron chi connectivity index (χ4n) is 2.66. The summed E-state index contributed by atoms with van der Waals surface area (Å²) in [6.07, 6.45) is 1.75. The minimum absolute atomic E-state index is 0.0861. The number of hydrogen-bond donors (Lipinski definition) is 0. The van der Waals surface area contributed by atoms with Gasteiger partial charge in [-0.2, -0.15) is 0 Å². The summed E-state index contributed by atoms with van der Waals surface area (Å²) >= 11 is 0. The Morgan fingerprint density at radius 1 is 1.17 bits per heavy atom. The molecule has 0 spiro atoms. The van der Waals surface area contributed by atoms with E-state index in [1.165, 1.54) is 15.8 Å². The molecule has 0 aliphatic heterocycles. The van der Waals surface area contributed by atoms with Crippen molar-refractivity contribution in [2.24, 2.45) is 0 Å². The van der Waals surface area contributed by atoms with Gasteiger partial charge in [0, 0.05) is 18.8 Å². The van der Waals surface area contributed by atoms with E-state index in [1.54, 1.807) is 10.6 Å². The molecule has 120 valence electrons. The number of aryl methyl sites for hydroxylation is 1. The molecule has 1 unspecified atom stereocenters. The third kappa shape index (κ3) is 3.19. The maximum Gasteiger partial charge on any atom is 0.350 e. The molecule has 5 heteroatoms. The molecule has 2 aromatic heterocycles. The zero-order valence-corrected chi connectivity index (χ0v) is 13.8. The van der Waals surface area contributed by atoms with E-state index in [2.05, 4.69) is 55.2 Å². The topological polar surface area (TPSA) is 42.5 Å². The van der Waals surface area contributed by atoms with Gasteiger partial charge in [0.05, 0.1) is 6.54 Å². The summed E-state index contributed by atoms with van der Waals surface area (Å²) in [5, 5.41) is 4.37. The Morgan fingerprint density at radius 2 is 1.91 bits per heavy atom. The third-order valence-corrected chi connectivity index (χ3v) is 4.37. The van der Waals surface area contributed by atoms with Gasteiger partial charge in [-0.05, 0) is 38.6 Å². The maximum atomic E-state index is 12.3. The smallest absolute Gasteiger partial charge is 0.298 e. The number of pyridine rings is 1. The second kappa shape index (κ2) is 6.38. The fraction of sp³-hybridized carbons (Fsp3) is 0.333. The molecule has 0 saturated carbocycles. The standard InChI is InChI=1S/C18H22N4O/c1-14-7-9-16(10-8-14)15(2)20(3)12-13-22-18(23)21-11-5-4-6-17(21)19-22/h4-11,15H,12-13H2,1-3H3. The van der Waals surface area contributed by atoms with Crippen LogP contribution in [0.2, 0.25) is 0 Å². The Balaban J connectivity index is 1.70. The first-order valence-electron chi connectivity index (χ1n) is 7.87. The molecule has 0 radical (unpaired) electrons. The van der Waals surface area contributed by atoms with Crippen molar-refractivity contribution in [2.45, 2.75) is 26.4 Å². The lowest BCUT2D eigenvalue weighted by Crippen LogP contribution is -2.30. The van der Waals surface area contributed by atoms with Crippen LogP contribution in [0.4, 0.5) is 0 Å². The Kier molecular flexibility index (Phi) is 4.30. The van der Waals surface area contributed by atoms with Crippen molar-refractivity contribution in [3.05, 3.63) is 70.3 Å². The van der Waals surface area contributed by atoms with Gasteiger partial charge < -0.3 is 0 Å². The van der Waals surface area contributed by atoms with Gasteiger partial charge in [0.2, 0.25) is 0 Å². The first-order chi connectivity index (χ1) is 11.1. The minimum Gasteiger partial charge on any atom is -0.298 e. The molecule has 23 heavy (non-hydrogen) atoms. The van der Waals surface area contributed by atoms with Crippen LogP contribution < -0.4 is 5.69 Å². The number of rotatable bonds is 5. The fourth-order valence-corrected chi connectivity index (χ4v) is 2.66. The molecule has 0 aliphatic carbocycles. The normalized spacial score (nSPS) is 12.9. The number of aromatic nitrogens is 3. The monoisotopic (exact) mass is 310 g/mol. The van der Waals surface area contributed by atoms with E-state index in [4.69, 9.17) is 0 Å². The maximum absolute atomic E-state index is 12.3. The van der Waals surface area contributed by atoms with Gasteiger partial charge in [0.25, 0.3) is 0 Å². The number of likely N-dealkylation sites (N-methyl/N-ethyl adjacent to an activating group) is 1. The zero-order valence-electron chi connectivity index (χ0n) is 13.8. The van der Waals surface area contributed by atoms with Crippen LogP contribution in [0.3, 0.4) is 0 Å². The molecule has 0 amide bonds. The SMILES string of the molecule is Cc1ccc(C(C)N(C)CCn2nc3ccccn3c2=O)cc1. The van der Waals surface area contributed by atoms with Crippen LogP contribution >= 0.6 is 0 Å². The predicted octanol–water partition coefficient (Wildman–Crippen LogP) is 2.50. The largest absolute Gasteiger partial charge is 0.350 e. The van der Waals surface area contributed by atoms with Crippen molar-refractivity contribution in [1.82, 2.24) is 19.1 Å². The van der Waals surface area contributed by atoms with Crippen molar-refractivity contribution in [3.63, 3.8) is 0 Å². The summed E-state index contributed by atoms with van der Waals surface area (Å²) in [5.41, 5.74) is 3.14. The van der Waals surface area contributed by atoms with Crippen LogP contribution in [0.25, 0.3) is 5.65 Å². The molecule has 3 aromatic rings. The van der Waals surface area contributed by atoms with E-state index in [0.29, 0.717) is 18.2 Å². The highest BCUT2D eigenvalue weighted by Crippen LogP contribution is 2.18. The van der Waals surface area contributed by atoms with E-state index in [-0.39, 0.29) is 5.69 Å². The lowest BCUT2D eigenvalue weighted by molar-refractivity contribution is 0.246. The quantitative estimate of drug-likeness (QED) is 0.727. The number of hydrogen-bond acceptors (Lipinski definition) is 3. The summed E-state index contributed by atoms with van der Waals surface area (Å²) in [7, 11) is 2.07. The first kappa shape index (κ1) is 15.5. The van der Waals surface area contributed by atoms with E-state index in [0.717, 1.165) is 6.54 Å². The highest BCUT2D eigenvalue weighted by molar-refractivity contribution is 5.35. The average Bonchev–Trinajstić information content (AvgIpc) is 2.89. The number of benzene rings is 1. The Morgan fingerprint density at radius 3 is 2.61 bits per heavy atom. The molecular formula is C18H22N4O. The van der Waals surface area contributed by atoms with Crippen molar-refractivity contribution in [2.75, 3.05) is 13.6 Å². The van der Waals surface area contributed by atoms with Gasteiger partial charge in [-0.1, -0.05) is 35.9 Å². The van der Waals surface area contributed by atoms with Crippen LogP contribution in [-0.2, 0) is 6.54 Å². The molecule has 3 rings (SSSR count). The molecule has 5 nitrogen and oxygen atoms in total. The lowest BCUT2D eigenvalue weighted by Gasteiger charge is -2.24. The van der Waals surface area contributed by atoms with E-state index < -0.39 is 0 Å². The van der Waals surface area contributed by atoms with Crippen molar-refractivity contribution in [3.8, 4) is 0 Å². The van der Waals surface area contributed by atoms with Crippen LogP contribution in [0, 0.1) is 6.92 Å². The molecular weight excluding hydrogens is 288 g/mol. The molecule has 0 N–H and O–H groups in total. The minimum atomic E-state index is -0.0861. The summed E-state index contributed by atoms with van der Waals surface area (Å²) in [5.74, 6) is 0. The van der Waals surface area contributed by atoms with E-state index in [9.17, 15) is 4.79 Å². The highest BCUT2D eigenvalue weighted by atomic mass is 16.2. The van der Waals surface area contributed by atoms with Gasteiger partial charge in [0.15, 0.2) is 5.65 Å². The Labute approximate surface area is 135 Å². The highest BCUT2D eigenvalue weighted by Gasteiger charge is 2.13. The second-order valence-corrected chi connectivity index (χ2v) is 6.00. The van der Waals surface area contributed by atoms with Crippen molar-refractivity contribution in [1.29, 1.82) is 0 Å². The van der Waals surface area contributed by atoms with Crippen LogP contribution in [-0.4, -0.2) is 32.7 Å². The Hall–Kier alpha value is -2.40. The zero-order chi connectivity index (χ0) is 16.4. The number of nitrogens with zero attached hydrogens (tertiary/aromatic N) is 4. The second-order valence-electron chi connectivity index (χ2n) is 6.00. The average molecular weight is 310 g/mol. The molecule has 2 heterocycles. The van der Waals surface area contributed by atoms with Gasteiger partial charge in [-0.3, -0.25) is 9.30 Å². The van der Waals surface area contributed by atoms with Gasteiger partial charge in [-0.15, -0.1) is 5.10 Å². The van der Waals surface area contributed by atoms with E-state index in [1.807, 2.05) is 18.2 Å². The summed E-state index contributed by atoms with van der Waals surface area (Å²) < 4.78 is 3.11. The van der Waals surface area contributed by atoms with Crippen molar-refractivity contribution < 1.29 is 0 Å². The van der Waals surface area contributed by atoms with Crippen LogP contribution in [0.1, 0.15) is 24.1 Å². The summed E-state index contributed by atoms with van der Waals surface area (Å²) in [4.78, 5) is 14.5. The van der Waals surface area contributed by atoms with Crippen LogP contribution in [0.15, 0.2) is 53.5 Å². The number of fused-ring (bicyclic) bond motifs is 1. The van der Waals surface area contributed by atoms with Gasteiger partial charge in [0.1, 0.15) is 0 Å². The molecule has 0 aliphatic rings. The van der Waals surface area contributed by atoms with E-state index >= 15 is 0 Å². The molecule has 0 bridgehead atoms. The summed E-state index contributed by atoms with van der Waals surface area (Å²) in [6.45, 7) is 5.61. The molecule has 0 saturated heterocycles. The molecule has 1 atom stereocenters. The molecule has 0 fully saturated rings. The predicted molar refractivity (Wildman–Crippen MR) is 91.7 cm³/mol. The van der Waals surface area contributed by atoms with Crippen molar-refractivity contribution >= 4 is 5.65 Å². The summed E-state index contributed by atoms with van der Waals surface area (Å²) in [6, 6.07) is 14.4. The lowest BCUT2D eigenvalue weighted by atomic mass is 10.1. The molecule has 1 aromatic carbocycles. The first-order valence-corrected chi connectivity index (χ1v) is 7.87. The van der Waals surface area contributed by atoms with Gasteiger partial charge in [-0.25, -0.2) is 9.48 Å². The third-order valence-electron chi connectivity index (χ3n) is 4.37.